The highest BCUT2D eigenvalue weighted by Gasteiger charge is 2.33. The number of anilines is 1. The Kier molecular flexibility index (Phi) is 5.46. The number of nitrogens with zero attached hydrogens (tertiary/aromatic N) is 1. The number of carbonyl (C=O) groups excluding carboxylic acids is 2. The van der Waals surface area contributed by atoms with Gasteiger partial charge in [-0.25, -0.2) is 4.79 Å². The normalized spacial score (nSPS) is 17.0. The van der Waals surface area contributed by atoms with Crippen LogP contribution < -0.4 is 20.9 Å². The van der Waals surface area contributed by atoms with Crippen molar-refractivity contribution in [3.8, 4) is 5.75 Å². The summed E-state index contributed by atoms with van der Waals surface area (Å²) in [7, 11) is 1.60. The van der Waals surface area contributed by atoms with Crippen LogP contribution in [0, 0.1) is 0 Å². The summed E-state index contributed by atoms with van der Waals surface area (Å²) in [6.07, 6.45) is 1.50. The highest BCUT2D eigenvalue weighted by molar-refractivity contribution is 5.88. The van der Waals surface area contributed by atoms with Gasteiger partial charge in [-0.3, -0.25) is 15.6 Å². The summed E-state index contributed by atoms with van der Waals surface area (Å²) in [5.41, 5.74) is 6.25. The van der Waals surface area contributed by atoms with Crippen LogP contribution in [0.4, 0.5) is 10.5 Å². The molecule has 1 heterocycles. The largest absolute Gasteiger partial charge is 0.497 e. The summed E-state index contributed by atoms with van der Waals surface area (Å²) in [5, 5.41) is 2.73. The summed E-state index contributed by atoms with van der Waals surface area (Å²) >= 11 is 0. The minimum atomic E-state index is -0.433. The van der Waals surface area contributed by atoms with E-state index < -0.39 is 6.04 Å². The topological polar surface area (TPSA) is 82.7 Å². The molecule has 1 aromatic rings. The number of carbonyl (C=O) groups is 2. The number of benzene rings is 1. The van der Waals surface area contributed by atoms with Crippen LogP contribution in [0.5, 0.6) is 5.75 Å². The van der Waals surface area contributed by atoms with E-state index in [2.05, 4.69) is 16.2 Å². The maximum Gasteiger partial charge on any atom is 0.318 e. The molecule has 120 valence electrons. The first-order valence-corrected chi connectivity index (χ1v) is 7.40. The van der Waals surface area contributed by atoms with Gasteiger partial charge in [0.15, 0.2) is 0 Å². The van der Waals surface area contributed by atoms with Crippen LogP contribution in [0.25, 0.3) is 0 Å². The van der Waals surface area contributed by atoms with Gasteiger partial charge in [0, 0.05) is 13.1 Å². The predicted octanol–water partition coefficient (Wildman–Crippen LogP) is 1.33. The van der Waals surface area contributed by atoms with E-state index in [9.17, 15) is 9.59 Å². The number of likely N-dealkylation sites (tertiary alicyclic amines) is 1. The first-order chi connectivity index (χ1) is 10.7. The molecule has 7 heteroatoms. The van der Waals surface area contributed by atoms with Crippen molar-refractivity contribution in [2.75, 3.05) is 25.6 Å². The zero-order chi connectivity index (χ0) is 15.9. The van der Waals surface area contributed by atoms with Crippen LogP contribution in [-0.4, -0.2) is 43.1 Å². The minimum absolute atomic E-state index is 0.190. The van der Waals surface area contributed by atoms with E-state index in [0.717, 1.165) is 17.9 Å². The van der Waals surface area contributed by atoms with Crippen LogP contribution in [0.1, 0.15) is 19.8 Å². The lowest BCUT2D eigenvalue weighted by Crippen LogP contribution is -2.50. The van der Waals surface area contributed by atoms with Crippen molar-refractivity contribution < 1.29 is 14.3 Å². The predicted molar refractivity (Wildman–Crippen MR) is 83.6 cm³/mol. The number of hydrogen-bond donors (Lipinski definition) is 3. The molecule has 3 N–H and O–H groups in total. The second-order valence-electron chi connectivity index (χ2n) is 5.03. The average molecular weight is 306 g/mol. The third-order valence-electron chi connectivity index (χ3n) is 3.56. The van der Waals surface area contributed by atoms with Crippen LogP contribution in [0.15, 0.2) is 24.3 Å². The van der Waals surface area contributed by atoms with Gasteiger partial charge in [0.2, 0.25) is 0 Å². The molecule has 1 atom stereocenters. The molecule has 0 radical (unpaired) electrons. The van der Waals surface area contributed by atoms with Gasteiger partial charge in [0.1, 0.15) is 11.8 Å². The third kappa shape index (κ3) is 3.81. The van der Waals surface area contributed by atoms with Crippen molar-refractivity contribution >= 4 is 17.6 Å². The molecular weight excluding hydrogens is 284 g/mol. The lowest BCUT2D eigenvalue weighted by Gasteiger charge is -2.24. The Morgan fingerprint density at radius 3 is 2.68 bits per heavy atom. The van der Waals surface area contributed by atoms with Crippen molar-refractivity contribution in [2.45, 2.75) is 25.8 Å². The minimum Gasteiger partial charge on any atom is -0.497 e. The van der Waals surface area contributed by atoms with Crippen molar-refractivity contribution in [1.82, 2.24) is 15.6 Å². The van der Waals surface area contributed by atoms with E-state index >= 15 is 0 Å². The Bertz CT molecular complexity index is 518. The van der Waals surface area contributed by atoms with Gasteiger partial charge < -0.3 is 15.0 Å². The number of nitrogens with one attached hydrogen (secondary N) is 3. The molecule has 0 spiro atoms. The summed E-state index contributed by atoms with van der Waals surface area (Å²) < 4.78 is 5.07. The number of urea groups is 1. The van der Waals surface area contributed by atoms with Crippen LogP contribution in [0.3, 0.4) is 0 Å². The zero-order valence-corrected chi connectivity index (χ0v) is 12.9. The number of hydrazine groups is 1. The first kappa shape index (κ1) is 15.9. The number of ether oxygens (including phenoxy) is 1. The fraction of sp³-hybridized carbons (Fsp3) is 0.467. The molecule has 1 unspecified atom stereocenters. The Morgan fingerprint density at radius 1 is 1.32 bits per heavy atom. The van der Waals surface area contributed by atoms with Gasteiger partial charge in [0.05, 0.1) is 12.8 Å². The van der Waals surface area contributed by atoms with Gasteiger partial charge in [-0.05, 0) is 44.0 Å². The molecule has 1 fully saturated rings. The maximum atomic E-state index is 12.2. The SMILES string of the molecule is CCNC(=O)N1CCCC1C(=O)NNc1ccc(OC)cc1. The van der Waals surface area contributed by atoms with Crippen molar-refractivity contribution in [3.63, 3.8) is 0 Å². The van der Waals surface area contributed by atoms with Crippen molar-refractivity contribution in [3.05, 3.63) is 24.3 Å². The molecule has 3 amide bonds. The van der Waals surface area contributed by atoms with Gasteiger partial charge in [-0.2, -0.15) is 0 Å². The van der Waals surface area contributed by atoms with E-state index in [4.69, 9.17) is 4.74 Å². The van der Waals surface area contributed by atoms with E-state index in [1.807, 2.05) is 6.92 Å². The number of hydrogen-bond acceptors (Lipinski definition) is 4. The summed E-state index contributed by atoms with van der Waals surface area (Å²) in [6.45, 7) is 3.01. The average Bonchev–Trinajstić information content (AvgIpc) is 3.03. The maximum absolute atomic E-state index is 12.2. The zero-order valence-electron chi connectivity index (χ0n) is 12.9. The van der Waals surface area contributed by atoms with Crippen molar-refractivity contribution in [2.24, 2.45) is 0 Å². The molecule has 0 saturated carbocycles. The van der Waals surface area contributed by atoms with Crippen LogP contribution in [-0.2, 0) is 4.79 Å². The molecule has 0 aliphatic carbocycles. The molecule has 1 aromatic carbocycles. The van der Waals surface area contributed by atoms with E-state index in [-0.39, 0.29) is 11.9 Å². The first-order valence-electron chi connectivity index (χ1n) is 7.40. The standard InChI is InChI=1S/C15H22N4O3/c1-3-16-15(21)19-10-4-5-13(19)14(20)18-17-11-6-8-12(22-2)9-7-11/h6-9,13,17H,3-5,10H2,1-2H3,(H,16,21)(H,18,20). The number of methoxy groups -OCH3 is 1. The molecule has 1 aliphatic rings. The smallest absolute Gasteiger partial charge is 0.318 e. The summed E-state index contributed by atoms with van der Waals surface area (Å²) in [6, 6.07) is 6.57. The second-order valence-corrected chi connectivity index (χ2v) is 5.03. The number of amides is 3. The van der Waals surface area contributed by atoms with Crippen LogP contribution in [0.2, 0.25) is 0 Å². The highest BCUT2D eigenvalue weighted by atomic mass is 16.5. The fourth-order valence-electron chi connectivity index (χ4n) is 2.43. The molecule has 22 heavy (non-hydrogen) atoms. The molecule has 7 nitrogen and oxygen atoms in total. The van der Waals surface area contributed by atoms with Gasteiger partial charge in [-0.15, -0.1) is 0 Å². The Labute approximate surface area is 130 Å². The van der Waals surface area contributed by atoms with Crippen molar-refractivity contribution in [1.29, 1.82) is 0 Å². The monoisotopic (exact) mass is 306 g/mol. The van der Waals surface area contributed by atoms with Gasteiger partial charge in [0.25, 0.3) is 5.91 Å². The molecule has 1 aliphatic heterocycles. The number of rotatable bonds is 5. The highest BCUT2D eigenvalue weighted by Crippen LogP contribution is 2.18. The summed E-state index contributed by atoms with van der Waals surface area (Å²) in [5.74, 6) is 0.537. The Morgan fingerprint density at radius 2 is 2.05 bits per heavy atom. The quantitative estimate of drug-likeness (QED) is 0.717. The third-order valence-corrected chi connectivity index (χ3v) is 3.56. The molecule has 1 saturated heterocycles. The molecule has 2 rings (SSSR count). The molecular formula is C15H22N4O3. The lowest BCUT2D eigenvalue weighted by molar-refractivity contribution is -0.124. The lowest BCUT2D eigenvalue weighted by atomic mass is 10.2. The molecule has 0 bridgehead atoms. The second kappa shape index (κ2) is 7.53. The Balaban J connectivity index is 1.89. The Hall–Kier alpha value is -2.44. The fourth-order valence-corrected chi connectivity index (χ4v) is 2.43. The van der Waals surface area contributed by atoms with E-state index in [1.165, 1.54) is 0 Å². The van der Waals surface area contributed by atoms with Crippen LogP contribution >= 0.6 is 0 Å². The van der Waals surface area contributed by atoms with Gasteiger partial charge in [-0.1, -0.05) is 0 Å². The molecule has 0 aromatic heterocycles. The van der Waals surface area contributed by atoms with E-state index in [0.29, 0.717) is 19.5 Å². The van der Waals surface area contributed by atoms with Gasteiger partial charge >= 0.3 is 6.03 Å². The van der Waals surface area contributed by atoms with E-state index in [1.54, 1.807) is 36.3 Å². The summed E-state index contributed by atoms with van der Waals surface area (Å²) in [4.78, 5) is 25.7.